The molecule has 1 aliphatic rings. The van der Waals surface area contributed by atoms with Crippen LogP contribution in [0.1, 0.15) is 6.42 Å². The van der Waals surface area contributed by atoms with Crippen molar-refractivity contribution in [3.63, 3.8) is 0 Å². The average molecular weight is 237 g/mol. The number of ether oxygens (including phenoxy) is 1. The fraction of sp³-hybridized carbons (Fsp3) is 1.00. The summed E-state index contributed by atoms with van der Waals surface area (Å²) in [6.07, 6.45) is 0.416. The zero-order chi connectivity index (χ0) is 10.8. The van der Waals surface area contributed by atoms with Crippen molar-refractivity contribution in [1.29, 1.82) is 0 Å². The summed E-state index contributed by atoms with van der Waals surface area (Å²) < 4.78 is 27.5. The summed E-state index contributed by atoms with van der Waals surface area (Å²) in [6, 6.07) is 0.559. The number of hydrogen-bond acceptors (Lipinski definition) is 3. The molecule has 0 bridgehead atoms. The van der Waals surface area contributed by atoms with Crippen LogP contribution in [-0.4, -0.2) is 41.0 Å². The lowest BCUT2D eigenvalue weighted by Gasteiger charge is -2.13. The van der Waals surface area contributed by atoms with Crippen LogP contribution in [-0.2, 0) is 19.4 Å². The third-order valence-corrected chi connectivity index (χ3v) is 5.39. The first-order chi connectivity index (χ1) is 6.29. The summed E-state index contributed by atoms with van der Waals surface area (Å²) in [6.45, 7) is 3.90. The first-order valence-electron chi connectivity index (χ1n) is 4.81. The molecule has 1 fully saturated rings. The number of rotatable bonds is 4. The molecule has 0 amide bonds. The van der Waals surface area contributed by atoms with Crippen LogP contribution < -0.4 is 0 Å². The van der Waals surface area contributed by atoms with Gasteiger partial charge in [-0.05, 0) is 25.6 Å². The maximum Gasteiger partial charge on any atom is 0.233 e. The van der Waals surface area contributed by atoms with Gasteiger partial charge in [0.15, 0.2) is 9.84 Å². The Morgan fingerprint density at radius 1 is 1.43 bits per heavy atom. The van der Waals surface area contributed by atoms with Crippen molar-refractivity contribution in [2.75, 3.05) is 18.1 Å². The van der Waals surface area contributed by atoms with Crippen LogP contribution in [0.4, 0.5) is 0 Å². The zero-order valence-electron chi connectivity index (χ0n) is 8.65. The van der Waals surface area contributed by atoms with Gasteiger partial charge < -0.3 is 4.74 Å². The standard InChI is InChI=1S/C8H17O4SSi/c1-14(2,11)6-4-12-8-3-5-13(9,10)7-8/h8H,3-7H2,1-2H3. The summed E-state index contributed by atoms with van der Waals surface area (Å²) in [5.74, 6) is 0.365. The maximum atomic E-state index is 11.3. The first kappa shape index (κ1) is 12.2. The number of sulfone groups is 1. The lowest BCUT2D eigenvalue weighted by atomic mass is 10.3. The Hall–Kier alpha value is 0.0869. The molecule has 1 heterocycles. The van der Waals surface area contributed by atoms with E-state index in [4.69, 9.17) is 4.74 Å². The molecule has 1 rings (SSSR count). The molecule has 0 spiro atoms. The van der Waals surface area contributed by atoms with E-state index in [9.17, 15) is 13.2 Å². The topological polar surface area (TPSA) is 63.3 Å². The van der Waals surface area contributed by atoms with E-state index in [1.54, 1.807) is 13.1 Å². The molecule has 4 nitrogen and oxygen atoms in total. The highest BCUT2D eigenvalue weighted by atomic mass is 32.2. The third kappa shape index (κ3) is 4.54. The number of hydrogen-bond donors (Lipinski definition) is 0. The maximum absolute atomic E-state index is 11.3. The Morgan fingerprint density at radius 3 is 2.50 bits per heavy atom. The molecule has 1 aliphatic heterocycles. The van der Waals surface area contributed by atoms with E-state index in [1.165, 1.54) is 0 Å². The minimum atomic E-state index is -2.85. The van der Waals surface area contributed by atoms with E-state index in [0.29, 0.717) is 19.1 Å². The fourth-order valence-corrected chi connectivity index (χ4v) is 3.59. The van der Waals surface area contributed by atoms with Gasteiger partial charge in [0.05, 0.1) is 17.6 Å². The Bertz CT molecular complexity index is 280. The minimum Gasteiger partial charge on any atom is -0.377 e. The molecule has 6 heteroatoms. The van der Waals surface area contributed by atoms with Crippen LogP contribution in [0.2, 0.25) is 19.1 Å². The molecule has 0 aromatic rings. The lowest BCUT2D eigenvalue weighted by molar-refractivity contribution is 0.0793. The summed E-state index contributed by atoms with van der Waals surface area (Å²) in [7, 11) is -5.14. The fourth-order valence-electron chi connectivity index (χ4n) is 1.36. The molecule has 0 aliphatic carbocycles. The minimum absolute atomic E-state index is 0.133. The van der Waals surface area contributed by atoms with Gasteiger partial charge in [0.1, 0.15) is 0 Å². The molecular formula is C8H17O4SSi. The van der Waals surface area contributed by atoms with E-state index in [2.05, 4.69) is 0 Å². The molecule has 1 saturated heterocycles. The van der Waals surface area contributed by atoms with Gasteiger partial charge in [-0.15, -0.1) is 0 Å². The van der Waals surface area contributed by atoms with Crippen molar-refractivity contribution in [2.24, 2.45) is 0 Å². The summed E-state index contributed by atoms with van der Waals surface area (Å²) in [4.78, 5) is 11.3. The molecule has 0 saturated carbocycles. The largest absolute Gasteiger partial charge is 0.377 e. The van der Waals surface area contributed by atoms with Crippen molar-refractivity contribution < 1.29 is 18.0 Å². The van der Waals surface area contributed by atoms with Gasteiger partial charge in [0.2, 0.25) is 8.32 Å². The highest BCUT2D eigenvalue weighted by Crippen LogP contribution is 2.16. The van der Waals surface area contributed by atoms with Gasteiger partial charge >= 0.3 is 0 Å². The van der Waals surface area contributed by atoms with Crippen LogP contribution in [0.25, 0.3) is 0 Å². The van der Waals surface area contributed by atoms with Crippen molar-refractivity contribution in [2.45, 2.75) is 31.7 Å². The SMILES string of the molecule is C[Si](C)([O])CCOC1CCS(=O)(=O)C1. The van der Waals surface area contributed by atoms with Crippen molar-refractivity contribution in [1.82, 2.24) is 0 Å². The van der Waals surface area contributed by atoms with Crippen LogP contribution in [0, 0.1) is 0 Å². The highest BCUT2D eigenvalue weighted by Gasteiger charge is 2.29. The zero-order valence-corrected chi connectivity index (χ0v) is 10.5. The van der Waals surface area contributed by atoms with E-state index in [0.717, 1.165) is 0 Å². The monoisotopic (exact) mass is 237 g/mol. The molecule has 0 aromatic heterocycles. The average Bonchev–Trinajstić information content (AvgIpc) is 2.27. The van der Waals surface area contributed by atoms with Crippen LogP contribution >= 0.6 is 0 Å². The van der Waals surface area contributed by atoms with E-state index < -0.39 is 18.2 Å². The molecule has 0 N–H and O–H groups in total. The quantitative estimate of drug-likeness (QED) is 0.680. The second kappa shape index (κ2) is 4.30. The van der Waals surface area contributed by atoms with Crippen molar-refractivity contribution in [3.8, 4) is 0 Å². The summed E-state index contributed by atoms with van der Waals surface area (Å²) >= 11 is 0. The van der Waals surface area contributed by atoms with E-state index >= 15 is 0 Å². The molecule has 14 heavy (non-hydrogen) atoms. The van der Waals surface area contributed by atoms with Gasteiger partial charge in [0.25, 0.3) is 0 Å². The van der Waals surface area contributed by atoms with Gasteiger partial charge in [-0.25, -0.2) is 8.42 Å². The molecule has 1 unspecified atom stereocenters. The third-order valence-electron chi connectivity index (χ3n) is 2.25. The van der Waals surface area contributed by atoms with Gasteiger partial charge in [-0.2, -0.15) is 0 Å². The lowest BCUT2D eigenvalue weighted by Crippen LogP contribution is -2.26. The smallest absolute Gasteiger partial charge is 0.233 e. The molecular weight excluding hydrogens is 220 g/mol. The second-order valence-corrected chi connectivity index (χ2v) is 10.7. The molecule has 83 valence electrons. The van der Waals surface area contributed by atoms with Crippen molar-refractivity contribution in [3.05, 3.63) is 0 Å². The Labute approximate surface area is 86.3 Å². The molecule has 1 atom stereocenters. The predicted octanol–water partition coefficient (Wildman–Crippen LogP) is 0.826. The summed E-state index contributed by atoms with van der Waals surface area (Å²) in [5, 5.41) is 0. The Morgan fingerprint density at radius 2 is 2.07 bits per heavy atom. The van der Waals surface area contributed by atoms with Gasteiger partial charge in [-0.3, -0.25) is 4.80 Å². The predicted molar refractivity (Wildman–Crippen MR) is 56.0 cm³/mol. The van der Waals surface area contributed by atoms with E-state index in [1.807, 2.05) is 0 Å². The van der Waals surface area contributed by atoms with Crippen LogP contribution in [0.15, 0.2) is 0 Å². The van der Waals surface area contributed by atoms with E-state index in [-0.39, 0.29) is 17.6 Å². The van der Waals surface area contributed by atoms with Gasteiger partial charge in [-0.1, -0.05) is 0 Å². The normalized spacial score (nSPS) is 26.6. The highest BCUT2D eigenvalue weighted by molar-refractivity contribution is 7.91. The second-order valence-electron chi connectivity index (χ2n) is 4.41. The Balaban J connectivity index is 2.22. The van der Waals surface area contributed by atoms with Crippen LogP contribution in [0.5, 0.6) is 0 Å². The molecule has 0 aromatic carbocycles. The van der Waals surface area contributed by atoms with Crippen molar-refractivity contribution >= 4 is 18.2 Å². The van der Waals surface area contributed by atoms with Gasteiger partial charge in [0, 0.05) is 6.61 Å². The van der Waals surface area contributed by atoms with Crippen LogP contribution in [0.3, 0.4) is 0 Å². The summed E-state index contributed by atoms with van der Waals surface area (Å²) in [5.41, 5.74) is 0. The molecule has 1 radical (unpaired) electrons. The Kier molecular flexibility index (Phi) is 3.73. The first-order valence-corrected chi connectivity index (χ1v) is 9.75.